The Labute approximate surface area is 133 Å². The van der Waals surface area contributed by atoms with E-state index in [0.29, 0.717) is 26.3 Å². The van der Waals surface area contributed by atoms with Crippen LogP contribution in [0.5, 0.6) is 0 Å². The Morgan fingerprint density at radius 3 is 2.95 bits per heavy atom. The highest BCUT2D eigenvalue weighted by Gasteiger charge is 2.23. The summed E-state index contributed by atoms with van der Waals surface area (Å²) in [6.07, 6.45) is 7.57. The van der Waals surface area contributed by atoms with Gasteiger partial charge in [0.25, 0.3) is 0 Å². The van der Waals surface area contributed by atoms with E-state index in [-0.39, 0.29) is 12.1 Å². The van der Waals surface area contributed by atoms with Gasteiger partial charge in [-0.25, -0.2) is 4.79 Å². The molecule has 1 atom stereocenters. The highest BCUT2D eigenvalue weighted by molar-refractivity contribution is 5.75. The van der Waals surface area contributed by atoms with Gasteiger partial charge in [0.1, 0.15) is 0 Å². The second-order valence-corrected chi connectivity index (χ2v) is 5.56. The van der Waals surface area contributed by atoms with E-state index in [2.05, 4.69) is 24.4 Å². The van der Waals surface area contributed by atoms with Gasteiger partial charge in [0, 0.05) is 13.1 Å². The van der Waals surface area contributed by atoms with Crippen LogP contribution in [0, 0.1) is 0 Å². The van der Waals surface area contributed by atoms with Crippen molar-refractivity contribution in [1.29, 1.82) is 0 Å². The van der Waals surface area contributed by atoms with Crippen LogP contribution in [0.2, 0.25) is 0 Å². The lowest BCUT2D eigenvalue weighted by atomic mass is 10.1. The molecule has 0 spiro atoms. The van der Waals surface area contributed by atoms with Gasteiger partial charge in [-0.15, -0.1) is 0 Å². The quantitative estimate of drug-likeness (QED) is 0.591. The van der Waals surface area contributed by atoms with Crippen molar-refractivity contribution >= 4 is 6.03 Å². The van der Waals surface area contributed by atoms with E-state index in [1.807, 2.05) is 35.2 Å². The molecule has 0 saturated heterocycles. The van der Waals surface area contributed by atoms with Crippen LogP contribution in [0.4, 0.5) is 4.79 Å². The van der Waals surface area contributed by atoms with Gasteiger partial charge in [-0.1, -0.05) is 62.2 Å². The summed E-state index contributed by atoms with van der Waals surface area (Å²) in [6.45, 7) is 4.55. The Kier molecular flexibility index (Phi) is 6.97. The van der Waals surface area contributed by atoms with Crippen LogP contribution < -0.4 is 5.32 Å². The summed E-state index contributed by atoms with van der Waals surface area (Å²) in [4.78, 5) is 14.1. The van der Waals surface area contributed by atoms with Crippen LogP contribution in [-0.4, -0.2) is 36.7 Å². The molecule has 1 aliphatic heterocycles. The summed E-state index contributed by atoms with van der Waals surface area (Å²) in [6, 6.07) is 10.3. The number of amides is 2. The molecule has 1 aromatic carbocycles. The SMILES string of the molecule is CCCC[C@H]1C=CCN1C(=O)NCCOCc1ccccc1. The van der Waals surface area contributed by atoms with E-state index in [1.54, 1.807) is 0 Å². The minimum absolute atomic E-state index is 0.00872. The van der Waals surface area contributed by atoms with Crippen molar-refractivity contribution in [2.24, 2.45) is 0 Å². The number of hydrogen-bond donors (Lipinski definition) is 1. The largest absolute Gasteiger partial charge is 0.375 e. The van der Waals surface area contributed by atoms with Crippen LogP contribution in [0.25, 0.3) is 0 Å². The van der Waals surface area contributed by atoms with E-state index >= 15 is 0 Å². The molecule has 2 amide bonds. The molecule has 1 aliphatic rings. The summed E-state index contributed by atoms with van der Waals surface area (Å²) in [5, 5.41) is 2.94. The van der Waals surface area contributed by atoms with Gasteiger partial charge in [-0.3, -0.25) is 0 Å². The van der Waals surface area contributed by atoms with Crippen molar-refractivity contribution in [3.63, 3.8) is 0 Å². The van der Waals surface area contributed by atoms with E-state index in [1.165, 1.54) is 0 Å². The van der Waals surface area contributed by atoms with Crippen LogP contribution in [-0.2, 0) is 11.3 Å². The maximum atomic E-state index is 12.2. The average molecular weight is 302 g/mol. The number of rotatable bonds is 8. The fourth-order valence-electron chi connectivity index (χ4n) is 2.57. The van der Waals surface area contributed by atoms with Crippen molar-refractivity contribution < 1.29 is 9.53 Å². The van der Waals surface area contributed by atoms with Crippen molar-refractivity contribution in [2.75, 3.05) is 19.7 Å². The molecule has 2 rings (SSSR count). The zero-order valence-corrected chi connectivity index (χ0v) is 13.3. The zero-order chi connectivity index (χ0) is 15.6. The molecular formula is C18H26N2O2. The highest BCUT2D eigenvalue weighted by Crippen LogP contribution is 2.15. The monoisotopic (exact) mass is 302 g/mol. The first-order valence-corrected chi connectivity index (χ1v) is 8.14. The molecule has 0 aromatic heterocycles. The first-order valence-electron chi connectivity index (χ1n) is 8.14. The fraction of sp³-hybridized carbons (Fsp3) is 0.500. The van der Waals surface area contributed by atoms with Gasteiger partial charge in [-0.2, -0.15) is 0 Å². The van der Waals surface area contributed by atoms with Gasteiger partial charge in [0.15, 0.2) is 0 Å². The molecule has 120 valence electrons. The van der Waals surface area contributed by atoms with Crippen molar-refractivity contribution in [2.45, 2.75) is 38.8 Å². The predicted molar refractivity (Wildman–Crippen MR) is 88.7 cm³/mol. The second-order valence-electron chi connectivity index (χ2n) is 5.56. The van der Waals surface area contributed by atoms with Crippen molar-refractivity contribution in [1.82, 2.24) is 10.2 Å². The van der Waals surface area contributed by atoms with E-state index in [0.717, 1.165) is 24.8 Å². The standard InChI is InChI=1S/C18H26N2O2/c1-2-3-10-17-11-7-13-20(17)18(21)19-12-14-22-15-16-8-5-4-6-9-16/h4-9,11,17H,2-3,10,12-15H2,1H3,(H,19,21)/t17-/m0/s1. The molecule has 4 nitrogen and oxygen atoms in total. The Bertz CT molecular complexity index is 473. The second kappa shape index (κ2) is 9.26. The lowest BCUT2D eigenvalue weighted by Crippen LogP contribution is -2.44. The molecule has 0 saturated carbocycles. The molecule has 1 N–H and O–H groups in total. The molecule has 1 aromatic rings. The van der Waals surface area contributed by atoms with E-state index in [4.69, 9.17) is 4.74 Å². The van der Waals surface area contributed by atoms with Crippen molar-refractivity contribution in [3.8, 4) is 0 Å². The van der Waals surface area contributed by atoms with Gasteiger partial charge >= 0.3 is 6.03 Å². The third-order valence-electron chi connectivity index (χ3n) is 3.81. The molecule has 4 heteroatoms. The normalized spacial score (nSPS) is 17.0. The summed E-state index contributed by atoms with van der Waals surface area (Å²) >= 11 is 0. The minimum atomic E-state index is 0.00872. The van der Waals surface area contributed by atoms with Crippen LogP contribution >= 0.6 is 0 Å². The zero-order valence-electron chi connectivity index (χ0n) is 13.3. The number of carbonyl (C=O) groups excluding carboxylic acids is 1. The molecule has 0 bridgehead atoms. The summed E-state index contributed by atoms with van der Waals surface area (Å²) in [5.41, 5.74) is 1.15. The molecular weight excluding hydrogens is 276 g/mol. The van der Waals surface area contributed by atoms with Crippen LogP contribution in [0.15, 0.2) is 42.5 Å². The fourth-order valence-corrected chi connectivity index (χ4v) is 2.57. The van der Waals surface area contributed by atoms with Crippen LogP contribution in [0.1, 0.15) is 31.7 Å². The Balaban J connectivity index is 1.61. The predicted octanol–water partition coefficient (Wildman–Crippen LogP) is 3.34. The number of carbonyl (C=O) groups is 1. The van der Waals surface area contributed by atoms with Gasteiger partial charge in [0.05, 0.1) is 19.3 Å². The summed E-state index contributed by atoms with van der Waals surface area (Å²) in [5.74, 6) is 0. The minimum Gasteiger partial charge on any atom is -0.375 e. The Morgan fingerprint density at radius 2 is 2.18 bits per heavy atom. The molecule has 0 aliphatic carbocycles. The topological polar surface area (TPSA) is 41.6 Å². The number of benzene rings is 1. The Morgan fingerprint density at radius 1 is 1.36 bits per heavy atom. The molecule has 0 radical (unpaired) electrons. The number of nitrogens with one attached hydrogen (secondary N) is 1. The van der Waals surface area contributed by atoms with E-state index in [9.17, 15) is 4.79 Å². The number of nitrogens with zero attached hydrogens (tertiary/aromatic N) is 1. The molecule has 22 heavy (non-hydrogen) atoms. The molecule has 0 unspecified atom stereocenters. The summed E-state index contributed by atoms with van der Waals surface area (Å²) < 4.78 is 5.58. The smallest absolute Gasteiger partial charge is 0.318 e. The van der Waals surface area contributed by atoms with E-state index < -0.39 is 0 Å². The first-order chi connectivity index (χ1) is 10.8. The third-order valence-corrected chi connectivity index (χ3v) is 3.81. The van der Waals surface area contributed by atoms with Gasteiger partial charge in [0.2, 0.25) is 0 Å². The highest BCUT2D eigenvalue weighted by atomic mass is 16.5. The number of unbranched alkanes of at least 4 members (excludes halogenated alkanes) is 1. The third kappa shape index (κ3) is 5.19. The van der Waals surface area contributed by atoms with Gasteiger partial charge in [-0.05, 0) is 12.0 Å². The van der Waals surface area contributed by atoms with Gasteiger partial charge < -0.3 is 15.0 Å². The number of urea groups is 1. The number of hydrogen-bond acceptors (Lipinski definition) is 2. The molecule has 0 fully saturated rings. The maximum Gasteiger partial charge on any atom is 0.318 e. The lowest BCUT2D eigenvalue weighted by Gasteiger charge is -2.24. The lowest BCUT2D eigenvalue weighted by molar-refractivity contribution is 0.121. The van der Waals surface area contributed by atoms with Crippen LogP contribution in [0.3, 0.4) is 0 Å². The average Bonchev–Trinajstić information content (AvgIpc) is 3.02. The molecule has 1 heterocycles. The maximum absolute atomic E-state index is 12.2. The van der Waals surface area contributed by atoms with Crippen molar-refractivity contribution in [3.05, 3.63) is 48.0 Å². The first kappa shape index (κ1) is 16.6. The summed E-state index contributed by atoms with van der Waals surface area (Å²) in [7, 11) is 0. The Hall–Kier alpha value is -1.81. The number of ether oxygens (including phenoxy) is 1.